The van der Waals surface area contributed by atoms with Gasteiger partial charge in [0.1, 0.15) is 0 Å². The van der Waals surface area contributed by atoms with Gasteiger partial charge in [-0.3, -0.25) is 14.5 Å². The normalized spacial score (nSPS) is 26.1. The summed E-state index contributed by atoms with van der Waals surface area (Å²) >= 11 is 0. The third kappa shape index (κ3) is 1.65. The average Bonchev–Trinajstić information content (AvgIpc) is 2.94. The minimum absolute atomic E-state index is 0.0724. The molecule has 1 aliphatic carbocycles. The number of carbonyl (C=O) groups excluding carboxylic acids is 2. The van der Waals surface area contributed by atoms with Crippen LogP contribution in [0, 0.1) is 5.92 Å². The maximum Gasteiger partial charge on any atom is 0.263 e. The number of hydrogen-bond acceptors (Lipinski definition) is 4. The molecule has 3 rings (SSSR count). The van der Waals surface area contributed by atoms with Gasteiger partial charge in [-0.05, 0) is 37.4 Å². The van der Waals surface area contributed by atoms with Gasteiger partial charge in [0.25, 0.3) is 11.8 Å². The van der Waals surface area contributed by atoms with Gasteiger partial charge in [0.05, 0.1) is 11.1 Å². The molecular formula is C14H17N3O2. The Labute approximate surface area is 111 Å². The zero-order chi connectivity index (χ0) is 13.6. The lowest BCUT2D eigenvalue weighted by atomic mass is 10.0. The standard InChI is InChI=1S/C14H17N3O2/c15-7-8-3-1-6-11(8)17-13(18)9-4-2-5-10(16)12(9)14(17)19/h2,4-5,8,11H,1,3,6-7,15-16H2. The SMILES string of the molecule is NCC1CCCC1N1C(=O)c2cccc(N)c2C1=O. The van der Waals surface area contributed by atoms with Crippen LogP contribution in [0.25, 0.3) is 0 Å². The molecule has 0 spiro atoms. The Kier molecular flexibility index (Phi) is 2.78. The Morgan fingerprint density at radius 2 is 2.00 bits per heavy atom. The number of hydrogen-bond donors (Lipinski definition) is 2. The highest BCUT2D eigenvalue weighted by Gasteiger charge is 2.44. The van der Waals surface area contributed by atoms with Crippen molar-refractivity contribution in [2.75, 3.05) is 12.3 Å². The second-order valence-corrected chi connectivity index (χ2v) is 5.24. The first-order chi connectivity index (χ1) is 9.15. The summed E-state index contributed by atoms with van der Waals surface area (Å²) in [5.74, 6) is -0.274. The zero-order valence-electron chi connectivity index (χ0n) is 10.6. The lowest BCUT2D eigenvalue weighted by Gasteiger charge is -2.27. The molecule has 1 aliphatic heterocycles. The van der Waals surface area contributed by atoms with Crippen LogP contribution in [-0.4, -0.2) is 29.3 Å². The van der Waals surface area contributed by atoms with Crippen molar-refractivity contribution < 1.29 is 9.59 Å². The quantitative estimate of drug-likeness (QED) is 0.612. The van der Waals surface area contributed by atoms with Crippen molar-refractivity contribution in [3.05, 3.63) is 29.3 Å². The van der Waals surface area contributed by atoms with Gasteiger partial charge in [0.2, 0.25) is 0 Å². The summed E-state index contributed by atoms with van der Waals surface area (Å²) in [7, 11) is 0. The monoisotopic (exact) mass is 259 g/mol. The fraction of sp³-hybridized carbons (Fsp3) is 0.429. The zero-order valence-corrected chi connectivity index (χ0v) is 10.6. The number of rotatable bonds is 2. The summed E-state index contributed by atoms with van der Waals surface area (Å²) in [5.41, 5.74) is 12.7. The minimum Gasteiger partial charge on any atom is -0.398 e. The molecule has 4 N–H and O–H groups in total. The molecule has 19 heavy (non-hydrogen) atoms. The van der Waals surface area contributed by atoms with Crippen LogP contribution < -0.4 is 11.5 Å². The highest BCUT2D eigenvalue weighted by atomic mass is 16.2. The molecule has 1 heterocycles. The van der Waals surface area contributed by atoms with E-state index in [1.165, 1.54) is 4.90 Å². The lowest BCUT2D eigenvalue weighted by Crippen LogP contribution is -2.43. The van der Waals surface area contributed by atoms with Crippen LogP contribution in [0.3, 0.4) is 0 Å². The van der Waals surface area contributed by atoms with E-state index >= 15 is 0 Å². The summed E-state index contributed by atoms with van der Waals surface area (Å²) in [6, 6.07) is 4.95. The third-order valence-electron chi connectivity index (χ3n) is 4.23. The van der Waals surface area contributed by atoms with E-state index in [1.54, 1.807) is 18.2 Å². The molecule has 0 radical (unpaired) electrons. The molecule has 5 nitrogen and oxygen atoms in total. The van der Waals surface area contributed by atoms with Gasteiger partial charge >= 0.3 is 0 Å². The van der Waals surface area contributed by atoms with Crippen LogP contribution >= 0.6 is 0 Å². The fourth-order valence-corrected chi connectivity index (χ4v) is 3.26. The van der Waals surface area contributed by atoms with Crippen molar-refractivity contribution in [2.24, 2.45) is 11.7 Å². The predicted octanol–water partition coefficient (Wildman–Crippen LogP) is 0.992. The van der Waals surface area contributed by atoms with E-state index in [1.807, 2.05) is 0 Å². The molecule has 1 saturated carbocycles. The van der Waals surface area contributed by atoms with Crippen LogP contribution in [0.15, 0.2) is 18.2 Å². The molecule has 0 saturated heterocycles. The van der Waals surface area contributed by atoms with Gasteiger partial charge in [-0.15, -0.1) is 0 Å². The largest absolute Gasteiger partial charge is 0.398 e. The first kappa shape index (κ1) is 12.2. The maximum atomic E-state index is 12.5. The minimum atomic E-state index is -0.261. The van der Waals surface area contributed by atoms with Crippen molar-refractivity contribution >= 4 is 17.5 Å². The molecule has 1 aromatic rings. The van der Waals surface area contributed by atoms with E-state index < -0.39 is 0 Å². The summed E-state index contributed by atoms with van der Waals surface area (Å²) in [4.78, 5) is 26.3. The number of imide groups is 1. The Bertz CT molecular complexity index is 556. The lowest BCUT2D eigenvalue weighted by molar-refractivity contribution is 0.0552. The number of nitrogens with zero attached hydrogens (tertiary/aromatic N) is 1. The summed E-state index contributed by atoms with van der Waals surface area (Å²) in [6.45, 7) is 0.507. The topological polar surface area (TPSA) is 89.4 Å². The summed E-state index contributed by atoms with van der Waals surface area (Å²) in [5, 5.41) is 0. The van der Waals surface area contributed by atoms with Gasteiger partial charge in [0, 0.05) is 11.7 Å². The predicted molar refractivity (Wildman–Crippen MR) is 71.5 cm³/mol. The highest BCUT2D eigenvalue weighted by Crippen LogP contribution is 2.36. The Balaban J connectivity index is 2.01. The Morgan fingerprint density at radius 3 is 2.68 bits per heavy atom. The van der Waals surface area contributed by atoms with Gasteiger partial charge in [0.15, 0.2) is 0 Å². The van der Waals surface area contributed by atoms with Gasteiger partial charge in [-0.25, -0.2) is 0 Å². The molecule has 2 unspecified atom stereocenters. The maximum absolute atomic E-state index is 12.5. The van der Waals surface area contributed by atoms with Crippen LogP contribution in [0.4, 0.5) is 5.69 Å². The molecule has 2 aliphatic rings. The third-order valence-corrected chi connectivity index (χ3v) is 4.23. The van der Waals surface area contributed by atoms with Crippen molar-refractivity contribution in [1.29, 1.82) is 0 Å². The smallest absolute Gasteiger partial charge is 0.263 e. The number of fused-ring (bicyclic) bond motifs is 1. The van der Waals surface area contributed by atoms with Crippen molar-refractivity contribution in [3.8, 4) is 0 Å². The fourth-order valence-electron chi connectivity index (χ4n) is 3.26. The van der Waals surface area contributed by atoms with E-state index in [2.05, 4.69) is 0 Å². The molecule has 100 valence electrons. The van der Waals surface area contributed by atoms with Gasteiger partial charge in [-0.2, -0.15) is 0 Å². The number of carbonyl (C=O) groups is 2. The molecule has 0 aromatic heterocycles. The molecule has 2 amide bonds. The van der Waals surface area contributed by atoms with Crippen LogP contribution in [-0.2, 0) is 0 Å². The first-order valence-electron chi connectivity index (χ1n) is 6.61. The van der Waals surface area contributed by atoms with E-state index in [4.69, 9.17) is 11.5 Å². The van der Waals surface area contributed by atoms with Crippen LogP contribution in [0.5, 0.6) is 0 Å². The number of amides is 2. The molecule has 0 bridgehead atoms. The number of nitrogens with two attached hydrogens (primary N) is 2. The van der Waals surface area contributed by atoms with Gasteiger partial charge < -0.3 is 11.5 Å². The first-order valence-corrected chi connectivity index (χ1v) is 6.61. The Morgan fingerprint density at radius 1 is 1.21 bits per heavy atom. The molecule has 1 aromatic carbocycles. The molecule has 5 heteroatoms. The van der Waals surface area contributed by atoms with Crippen molar-refractivity contribution in [3.63, 3.8) is 0 Å². The van der Waals surface area contributed by atoms with Crippen molar-refractivity contribution in [2.45, 2.75) is 25.3 Å². The van der Waals surface area contributed by atoms with Crippen LogP contribution in [0.2, 0.25) is 0 Å². The molecule has 2 atom stereocenters. The second-order valence-electron chi connectivity index (χ2n) is 5.24. The average molecular weight is 259 g/mol. The summed E-state index contributed by atoms with van der Waals surface area (Å²) < 4.78 is 0. The van der Waals surface area contributed by atoms with Gasteiger partial charge in [-0.1, -0.05) is 12.5 Å². The van der Waals surface area contributed by atoms with E-state index in [0.29, 0.717) is 23.4 Å². The highest BCUT2D eigenvalue weighted by molar-refractivity contribution is 6.23. The van der Waals surface area contributed by atoms with E-state index in [-0.39, 0.29) is 23.8 Å². The summed E-state index contributed by atoms with van der Waals surface area (Å²) in [6.07, 6.45) is 2.83. The van der Waals surface area contributed by atoms with E-state index in [9.17, 15) is 9.59 Å². The van der Waals surface area contributed by atoms with Crippen molar-refractivity contribution in [1.82, 2.24) is 4.90 Å². The van der Waals surface area contributed by atoms with E-state index in [0.717, 1.165) is 19.3 Å². The number of benzene rings is 1. The second kappa shape index (κ2) is 4.35. The molecular weight excluding hydrogens is 242 g/mol. The molecule has 1 fully saturated rings. The Hall–Kier alpha value is -1.88. The number of nitrogen functional groups attached to an aromatic ring is 1. The number of anilines is 1. The van der Waals surface area contributed by atoms with Crippen LogP contribution in [0.1, 0.15) is 40.0 Å².